The predicted octanol–water partition coefficient (Wildman–Crippen LogP) is 2.21. The molecule has 2 aromatic rings. The van der Waals surface area contributed by atoms with E-state index in [-0.39, 0.29) is 5.75 Å². The van der Waals surface area contributed by atoms with Crippen molar-refractivity contribution in [3.05, 3.63) is 42.1 Å². The smallest absolute Gasteiger partial charge is 0.173 e. The van der Waals surface area contributed by atoms with E-state index in [4.69, 9.17) is 5.26 Å². The van der Waals surface area contributed by atoms with Gasteiger partial charge in [-0.1, -0.05) is 6.07 Å². The zero-order valence-electron chi connectivity index (χ0n) is 9.91. The number of rotatable bonds is 3. The Morgan fingerprint density at radius 1 is 1.39 bits per heavy atom. The van der Waals surface area contributed by atoms with Crippen LogP contribution in [0.4, 0.5) is 11.5 Å². The number of nitriles is 1. The molecule has 0 aliphatic heterocycles. The van der Waals surface area contributed by atoms with Gasteiger partial charge in [-0.15, -0.1) is 5.10 Å². The summed E-state index contributed by atoms with van der Waals surface area (Å²) < 4.78 is 0. The van der Waals surface area contributed by atoms with E-state index in [1.807, 2.05) is 17.9 Å². The lowest BCUT2D eigenvalue weighted by atomic mass is 10.2. The average molecular weight is 240 g/mol. The van der Waals surface area contributed by atoms with Crippen LogP contribution in [-0.2, 0) is 0 Å². The fourth-order valence-corrected chi connectivity index (χ4v) is 1.73. The molecule has 1 heterocycles. The lowest BCUT2D eigenvalue weighted by Crippen LogP contribution is -2.19. The van der Waals surface area contributed by atoms with Crippen molar-refractivity contribution in [2.45, 2.75) is 6.92 Å². The van der Waals surface area contributed by atoms with Gasteiger partial charge in [0, 0.05) is 18.3 Å². The molecule has 2 rings (SSSR count). The lowest BCUT2D eigenvalue weighted by Gasteiger charge is -2.22. The maximum Gasteiger partial charge on any atom is 0.173 e. The van der Waals surface area contributed by atoms with Crippen LogP contribution in [0.2, 0.25) is 0 Å². The van der Waals surface area contributed by atoms with Gasteiger partial charge in [0.1, 0.15) is 11.8 Å². The average Bonchev–Trinajstić information content (AvgIpc) is 2.40. The van der Waals surface area contributed by atoms with E-state index in [1.54, 1.807) is 24.3 Å². The quantitative estimate of drug-likeness (QED) is 0.890. The Bertz CT molecular complexity index is 592. The molecule has 5 nitrogen and oxygen atoms in total. The number of phenolic OH excluding ortho intramolecular Hbond substituents is 1. The second-order valence-corrected chi connectivity index (χ2v) is 3.64. The Balaban J connectivity index is 2.49. The summed E-state index contributed by atoms with van der Waals surface area (Å²) in [6, 6.07) is 10.5. The van der Waals surface area contributed by atoms with E-state index in [2.05, 4.69) is 16.3 Å². The molecule has 1 aromatic heterocycles. The van der Waals surface area contributed by atoms with Crippen molar-refractivity contribution < 1.29 is 5.11 Å². The first kappa shape index (κ1) is 11.9. The molecule has 0 saturated heterocycles. The number of hydrogen-bond donors (Lipinski definition) is 1. The molecule has 0 radical (unpaired) electrons. The van der Waals surface area contributed by atoms with Gasteiger partial charge in [-0.3, -0.25) is 0 Å². The molecule has 1 aromatic carbocycles. The van der Waals surface area contributed by atoms with Crippen molar-refractivity contribution in [2.75, 3.05) is 11.4 Å². The largest absolute Gasteiger partial charge is 0.508 e. The van der Waals surface area contributed by atoms with Crippen LogP contribution in [0.5, 0.6) is 5.75 Å². The molecule has 0 spiro atoms. The van der Waals surface area contributed by atoms with Crippen molar-refractivity contribution in [3.63, 3.8) is 0 Å². The third kappa shape index (κ3) is 2.23. The number of aromatic hydroxyl groups is 1. The zero-order chi connectivity index (χ0) is 13.0. The number of hydrogen-bond acceptors (Lipinski definition) is 5. The lowest BCUT2D eigenvalue weighted by molar-refractivity contribution is 0.475. The zero-order valence-corrected chi connectivity index (χ0v) is 9.91. The number of aromatic nitrogens is 2. The molecule has 0 atom stereocenters. The Morgan fingerprint density at radius 2 is 2.22 bits per heavy atom. The molecule has 1 N–H and O–H groups in total. The molecular formula is C13H12N4O. The maximum atomic E-state index is 9.50. The minimum absolute atomic E-state index is 0.174. The summed E-state index contributed by atoms with van der Waals surface area (Å²) in [7, 11) is 0. The monoisotopic (exact) mass is 240 g/mol. The summed E-state index contributed by atoms with van der Waals surface area (Å²) in [6.45, 7) is 2.57. The molecule has 0 amide bonds. The topological polar surface area (TPSA) is 73.0 Å². The Morgan fingerprint density at radius 3 is 2.89 bits per heavy atom. The summed E-state index contributed by atoms with van der Waals surface area (Å²) in [4.78, 5) is 1.82. The highest BCUT2D eigenvalue weighted by molar-refractivity contribution is 5.66. The third-order valence-corrected chi connectivity index (χ3v) is 2.53. The first-order chi connectivity index (χ1) is 8.76. The van der Waals surface area contributed by atoms with Crippen molar-refractivity contribution in [1.29, 1.82) is 5.26 Å². The summed E-state index contributed by atoms with van der Waals surface area (Å²) in [5, 5.41) is 26.4. The molecule has 0 fully saturated rings. The van der Waals surface area contributed by atoms with Gasteiger partial charge >= 0.3 is 0 Å². The molecule has 0 aliphatic rings. The van der Waals surface area contributed by atoms with Crippen LogP contribution in [0.25, 0.3) is 0 Å². The van der Waals surface area contributed by atoms with E-state index < -0.39 is 0 Å². The Labute approximate surface area is 105 Å². The van der Waals surface area contributed by atoms with Gasteiger partial charge in [-0.05, 0) is 25.1 Å². The molecule has 0 bridgehead atoms. The van der Waals surface area contributed by atoms with Gasteiger partial charge in [0.15, 0.2) is 5.82 Å². The van der Waals surface area contributed by atoms with Crippen LogP contribution in [0.3, 0.4) is 0 Å². The van der Waals surface area contributed by atoms with Gasteiger partial charge in [-0.2, -0.15) is 10.4 Å². The minimum Gasteiger partial charge on any atom is -0.508 e. The van der Waals surface area contributed by atoms with Gasteiger partial charge in [0.05, 0.1) is 11.8 Å². The highest BCUT2D eigenvalue weighted by Gasteiger charge is 2.13. The van der Waals surface area contributed by atoms with E-state index in [9.17, 15) is 5.11 Å². The van der Waals surface area contributed by atoms with Gasteiger partial charge < -0.3 is 10.0 Å². The van der Waals surface area contributed by atoms with Gasteiger partial charge in [0.2, 0.25) is 0 Å². The Hall–Kier alpha value is -2.61. The molecule has 0 aliphatic carbocycles. The minimum atomic E-state index is 0.174. The number of anilines is 2. The normalized spacial score (nSPS) is 9.78. The summed E-state index contributed by atoms with van der Waals surface area (Å²) in [5.41, 5.74) is 1.23. The van der Waals surface area contributed by atoms with Crippen LogP contribution < -0.4 is 4.90 Å². The first-order valence-electron chi connectivity index (χ1n) is 5.54. The fourth-order valence-electron chi connectivity index (χ4n) is 1.73. The SMILES string of the molecule is CCN(c1cccc(O)c1)c1nnccc1C#N. The van der Waals surface area contributed by atoms with Crippen molar-refractivity contribution in [3.8, 4) is 11.8 Å². The number of phenols is 1. The second kappa shape index (κ2) is 5.15. The predicted molar refractivity (Wildman–Crippen MR) is 67.5 cm³/mol. The molecule has 18 heavy (non-hydrogen) atoms. The van der Waals surface area contributed by atoms with Gasteiger partial charge in [0.25, 0.3) is 0 Å². The molecule has 0 saturated carbocycles. The highest BCUT2D eigenvalue weighted by Crippen LogP contribution is 2.27. The van der Waals surface area contributed by atoms with E-state index in [0.717, 1.165) is 5.69 Å². The molecule has 90 valence electrons. The fraction of sp³-hybridized carbons (Fsp3) is 0.154. The molecular weight excluding hydrogens is 228 g/mol. The van der Waals surface area contributed by atoms with Crippen molar-refractivity contribution in [1.82, 2.24) is 10.2 Å². The highest BCUT2D eigenvalue weighted by atomic mass is 16.3. The molecule has 5 heteroatoms. The van der Waals surface area contributed by atoms with Crippen LogP contribution in [0, 0.1) is 11.3 Å². The number of benzene rings is 1. The first-order valence-corrected chi connectivity index (χ1v) is 5.54. The van der Waals surface area contributed by atoms with Crippen LogP contribution in [0.15, 0.2) is 36.5 Å². The summed E-state index contributed by atoms with van der Waals surface area (Å²) in [5.74, 6) is 0.668. The Kier molecular flexibility index (Phi) is 3.39. The maximum absolute atomic E-state index is 9.50. The number of nitrogens with zero attached hydrogens (tertiary/aromatic N) is 4. The van der Waals surface area contributed by atoms with E-state index in [1.165, 1.54) is 6.20 Å². The van der Waals surface area contributed by atoms with Crippen LogP contribution in [-0.4, -0.2) is 21.8 Å². The standard InChI is InChI=1S/C13H12N4O/c1-2-17(11-4-3-5-12(18)8-11)13-10(9-14)6-7-15-16-13/h3-8,18H,2H2,1H3. The van der Waals surface area contributed by atoms with Crippen LogP contribution in [0.1, 0.15) is 12.5 Å². The van der Waals surface area contributed by atoms with E-state index in [0.29, 0.717) is 17.9 Å². The van der Waals surface area contributed by atoms with Crippen molar-refractivity contribution >= 4 is 11.5 Å². The van der Waals surface area contributed by atoms with Crippen LogP contribution >= 0.6 is 0 Å². The molecule has 0 unspecified atom stereocenters. The summed E-state index contributed by atoms with van der Waals surface area (Å²) in [6.07, 6.45) is 1.48. The van der Waals surface area contributed by atoms with E-state index >= 15 is 0 Å². The summed E-state index contributed by atoms with van der Waals surface area (Å²) >= 11 is 0. The van der Waals surface area contributed by atoms with Crippen molar-refractivity contribution in [2.24, 2.45) is 0 Å². The third-order valence-electron chi connectivity index (χ3n) is 2.53. The second-order valence-electron chi connectivity index (χ2n) is 3.64. The van der Waals surface area contributed by atoms with Gasteiger partial charge in [-0.25, -0.2) is 0 Å².